The van der Waals surface area contributed by atoms with E-state index in [1.54, 1.807) is 0 Å². The number of carbonyl (C=O) groups is 1. The first kappa shape index (κ1) is 32.9. The van der Waals surface area contributed by atoms with Gasteiger partial charge in [-0.05, 0) is 104 Å². The third-order valence-electron chi connectivity index (χ3n) is 15.1. The van der Waals surface area contributed by atoms with Gasteiger partial charge in [0.05, 0.1) is 24.7 Å². The quantitative estimate of drug-likeness (QED) is 0.200. The number of aliphatic carboxylic acids is 1. The molecule has 250 valence electrons. The highest BCUT2D eigenvalue weighted by Crippen LogP contribution is 2.76. The summed E-state index contributed by atoms with van der Waals surface area (Å²) in [7, 11) is 0. The van der Waals surface area contributed by atoms with Gasteiger partial charge in [-0.15, -0.1) is 0 Å². The molecule has 44 heavy (non-hydrogen) atoms. The molecular formula is C35H56O9. The number of allylic oxidation sites excluding steroid dienone is 2. The number of carboxylic acids is 1. The molecule has 6 rings (SSSR count). The van der Waals surface area contributed by atoms with E-state index in [-0.39, 0.29) is 59.4 Å². The minimum Gasteiger partial charge on any atom is -0.481 e. The maximum Gasteiger partial charge on any atom is 0.310 e. The third kappa shape index (κ3) is 4.32. The van der Waals surface area contributed by atoms with Crippen LogP contribution in [0.3, 0.4) is 0 Å². The molecule has 0 aromatic heterocycles. The standard InChI is InChI=1S/C35H56O9/c1-30(18-36)12-14-35(29(41)42)15-13-33(4)20(21(35)16-30)6-7-24-31(2)10-9-25(44-28-27(40)26(39)22(38)17-43-28)32(3,19-37)23(31)8-11-34(24,33)5/h6,21-28,36-40H,7-19H2,1-5H3,(H,41,42)/t21?,22-,23?,24?,25?,26-,27+,28-,30?,31?,32?,33?,34?,35?/m0/s1. The van der Waals surface area contributed by atoms with Gasteiger partial charge in [0.1, 0.15) is 18.3 Å². The minimum absolute atomic E-state index is 0.0486. The van der Waals surface area contributed by atoms with E-state index in [0.29, 0.717) is 31.6 Å². The smallest absolute Gasteiger partial charge is 0.310 e. The lowest BCUT2D eigenvalue weighted by molar-refractivity contribution is -0.312. The van der Waals surface area contributed by atoms with Crippen molar-refractivity contribution >= 4 is 5.97 Å². The van der Waals surface area contributed by atoms with Crippen LogP contribution in [0.1, 0.15) is 98.8 Å². The fourth-order valence-corrected chi connectivity index (χ4v) is 12.0. The second kappa shape index (κ2) is 10.7. The van der Waals surface area contributed by atoms with Crippen molar-refractivity contribution in [3.05, 3.63) is 11.6 Å². The van der Waals surface area contributed by atoms with E-state index in [1.165, 1.54) is 5.57 Å². The SMILES string of the molecule is CC1(CO)CCC2(C(=O)O)CCC3(C)C(=CCC4C5(C)CCC(O[C@@H]6OC[C@H](O)[C@H](O)[C@H]6O)C(C)(CO)C5CCC43C)C2C1. The van der Waals surface area contributed by atoms with Crippen molar-refractivity contribution in [1.29, 1.82) is 0 Å². The van der Waals surface area contributed by atoms with Gasteiger partial charge in [-0.1, -0.05) is 46.3 Å². The van der Waals surface area contributed by atoms with Crippen LogP contribution in [0.2, 0.25) is 0 Å². The van der Waals surface area contributed by atoms with Crippen molar-refractivity contribution in [3.8, 4) is 0 Å². The van der Waals surface area contributed by atoms with Gasteiger partial charge in [-0.3, -0.25) is 4.79 Å². The molecule has 0 bridgehead atoms. The average Bonchev–Trinajstić information content (AvgIpc) is 2.99. The van der Waals surface area contributed by atoms with Crippen LogP contribution in [-0.4, -0.2) is 87.1 Å². The molecule has 5 fully saturated rings. The van der Waals surface area contributed by atoms with Crippen molar-refractivity contribution in [2.75, 3.05) is 19.8 Å². The number of hydrogen-bond acceptors (Lipinski definition) is 8. The molecule has 6 N–H and O–H groups in total. The molecule has 4 saturated carbocycles. The van der Waals surface area contributed by atoms with E-state index in [1.807, 2.05) is 0 Å². The van der Waals surface area contributed by atoms with Gasteiger partial charge < -0.3 is 40.1 Å². The van der Waals surface area contributed by atoms with E-state index in [0.717, 1.165) is 38.5 Å². The maximum absolute atomic E-state index is 12.9. The summed E-state index contributed by atoms with van der Waals surface area (Å²) in [5.74, 6) is -0.260. The molecule has 10 unspecified atom stereocenters. The number of rotatable bonds is 5. The number of hydrogen-bond donors (Lipinski definition) is 6. The van der Waals surface area contributed by atoms with E-state index in [4.69, 9.17) is 9.47 Å². The molecule has 0 amide bonds. The van der Waals surface area contributed by atoms with Gasteiger partial charge in [0.15, 0.2) is 6.29 Å². The molecule has 6 aliphatic rings. The average molecular weight is 621 g/mol. The second-order valence-electron chi connectivity index (χ2n) is 17.1. The predicted octanol–water partition coefficient (Wildman–Crippen LogP) is 3.64. The summed E-state index contributed by atoms with van der Waals surface area (Å²) >= 11 is 0. The van der Waals surface area contributed by atoms with Crippen LogP contribution in [0.15, 0.2) is 11.6 Å². The van der Waals surface area contributed by atoms with Gasteiger partial charge in [0.25, 0.3) is 0 Å². The van der Waals surface area contributed by atoms with Crippen LogP contribution in [0.5, 0.6) is 0 Å². The fourth-order valence-electron chi connectivity index (χ4n) is 12.0. The number of carboxylic acid groups (broad SMARTS) is 1. The first-order chi connectivity index (χ1) is 20.5. The minimum atomic E-state index is -1.37. The van der Waals surface area contributed by atoms with Gasteiger partial charge in [0.2, 0.25) is 0 Å². The Bertz CT molecular complexity index is 1170. The molecule has 14 atom stereocenters. The highest BCUT2D eigenvalue weighted by molar-refractivity contribution is 5.76. The number of aliphatic hydroxyl groups excluding tert-OH is 5. The zero-order valence-electron chi connectivity index (χ0n) is 27.3. The molecular weight excluding hydrogens is 564 g/mol. The van der Waals surface area contributed by atoms with E-state index in [2.05, 4.69) is 40.7 Å². The molecule has 0 radical (unpaired) electrons. The predicted molar refractivity (Wildman–Crippen MR) is 162 cm³/mol. The number of aliphatic hydroxyl groups is 5. The summed E-state index contributed by atoms with van der Waals surface area (Å²) in [6.45, 7) is 11.3. The summed E-state index contributed by atoms with van der Waals surface area (Å²) in [5, 5.41) is 62.7. The summed E-state index contributed by atoms with van der Waals surface area (Å²) in [4.78, 5) is 12.9. The summed E-state index contributed by atoms with van der Waals surface area (Å²) in [6, 6.07) is 0. The highest BCUT2D eigenvalue weighted by atomic mass is 16.7. The Morgan fingerprint density at radius 2 is 1.61 bits per heavy atom. The Balaban J connectivity index is 1.32. The summed E-state index contributed by atoms with van der Waals surface area (Å²) in [5.41, 5.74) is -0.600. The van der Waals surface area contributed by atoms with Crippen molar-refractivity contribution < 1.29 is 44.9 Å². The molecule has 0 spiro atoms. The van der Waals surface area contributed by atoms with E-state index >= 15 is 0 Å². The van der Waals surface area contributed by atoms with Crippen molar-refractivity contribution in [2.45, 2.75) is 130 Å². The molecule has 9 heteroatoms. The van der Waals surface area contributed by atoms with Crippen LogP contribution in [0.4, 0.5) is 0 Å². The maximum atomic E-state index is 12.9. The van der Waals surface area contributed by atoms with E-state index < -0.39 is 41.4 Å². The number of ether oxygens (including phenoxy) is 2. The Kier molecular flexibility index (Phi) is 8.01. The summed E-state index contributed by atoms with van der Waals surface area (Å²) < 4.78 is 12.0. The fraction of sp³-hybridized carbons (Fsp3) is 0.914. The molecule has 5 aliphatic carbocycles. The Morgan fingerprint density at radius 1 is 0.909 bits per heavy atom. The van der Waals surface area contributed by atoms with Crippen molar-refractivity contribution in [2.24, 2.45) is 50.2 Å². The Morgan fingerprint density at radius 3 is 2.27 bits per heavy atom. The van der Waals surface area contributed by atoms with E-state index in [9.17, 15) is 35.4 Å². The number of fused-ring (bicyclic) bond motifs is 7. The Labute approximate surface area is 262 Å². The second-order valence-corrected chi connectivity index (χ2v) is 17.1. The zero-order chi connectivity index (χ0) is 32.1. The van der Waals surface area contributed by atoms with Crippen LogP contribution in [-0.2, 0) is 14.3 Å². The topological polar surface area (TPSA) is 157 Å². The lowest BCUT2D eigenvalue weighted by Crippen LogP contribution is -2.66. The zero-order valence-corrected chi connectivity index (χ0v) is 27.3. The van der Waals surface area contributed by atoms with Gasteiger partial charge >= 0.3 is 5.97 Å². The Hall–Kier alpha value is -1.07. The lowest BCUT2D eigenvalue weighted by atomic mass is 9.33. The van der Waals surface area contributed by atoms with Gasteiger partial charge in [-0.2, -0.15) is 0 Å². The van der Waals surface area contributed by atoms with Crippen molar-refractivity contribution in [1.82, 2.24) is 0 Å². The van der Waals surface area contributed by atoms with Crippen LogP contribution < -0.4 is 0 Å². The molecule has 1 saturated heterocycles. The molecule has 1 aliphatic heterocycles. The van der Waals surface area contributed by atoms with Crippen molar-refractivity contribution in [3.63, 3.8) is 0 Å². The third-order valence-corrected chi connectivity index (χ3v) is 15.1. The highest BCUT2D eigenvalue weighted by Gasteiger charge is 2.70. The largest absolute Gasteiger partial charge is 0.481 e. The molecule has 0 aromatic rings. The first-order valence-electron chi connectivity index (χ1n) is 17.0. The van der Waals surface area contributed by atoms with Gasteiger partial charge in [0, 0.05) is 12.0 Å². The molecule has 9 nitrogen and oxygen atoms in total. The molecule has 1 heterocycles. The normalized spacial score (nSPS) is 55.5. The molecule has 0 aromatic carbocycles. The monoisotopic (exact) mass is 620 g/mol. The summed E-state index contributed by atoms with van der Waals surface area (Å²) in [6.07, 6.45) is 4.93. The van der Waals surface area contributed by atoms with Crippen LogP contribution in [0.25, 0.3) is 0 Å². The lowest BCUT2D eigenvalue weighted by Gasteiger charge is -2.71. The van der Waals surface area contributed by atoms with Crippen LogP contribution in [0, 0.1) is 50.2 Å². The van der Waals surface area contributed by atoms with Crippen LogP contribution >= 0.6 is 0 Å². The first-order valence-corrected chi connectivity index (χ1v) is 17.0. The van der Waals surface area contributed by atoms with Gasteiger partial charge in [-0.25, -0.2) is 0 Å².